The van der Waals surface area contributed by atoms with E-state index in [1.807, 2.05) is 4.72 Å². The first-order valence-corrected chi connectivity index (χ1v) is 9.28. The summed E-state index contributed by atoms with van der Waals surface area (Å²) in [5.41, 5.74) is 0.0348. The molecule has 2 N–H and O–H groups in total. The summed E-state index contributed by atoms with van der Waals surface area (Å²) in [5.74, 6) is -2.06. The Morgan fingerprint density at radius 1 is 1.38 bits per heavy atom. The van der Waals surface area contributed by atoms with Crippen LogP contribution in [0.15, 0.2) is 36.9 Å². The van der Waals surface area contributed by atoms with Gasteiger partial charge in [-0.15, -0.1) is 0 Å². The van der Waals surface area contributed by atoms with E-state index in [-0.39, 0.29) is 27.4 Å². The van der Waals surface area contributed by atoms with Gasteiger partial charge in [0, 0.05) is 5.56 Å². The number of sulfonamides is 1. The zero-order valence-electron chi connectivity index (χ0n) is 13.6. The van der Waals surface area contributed by atoms with Crippen LogP contribution in [-0.4, -0.2) is 37.7 Å². The average molecular weight is 399 g/mol. The maximum Gasteiger partial charge on any atom is 0.268 e. The van der Waals surface area contributed by atoms with Crippen LogP contribution >= 0.6 is 12.2 Å². The van der Waals surface area contributed by atoms with Gasteiger partial charge in [-0.25, -0.2) is 18.1 Å². The summed E-state index contributed by atoms with van der Waals surface area (Å²) in [6.45, 7) is 0. The molecule has 2 aromatic rings. The third-order valence-corrected chi connectivity index (χ3v) is 3.75. The molecule has 0 atom stereocenters. The van der Waals surface area contributed by atoms with Crippen molar-refractivity contribution in [3.05, 3.63) is 52.9 Å². The molecule has 0 radical (unpaired) electrons. The summed E-state index contributed by atoms with van der Waals surface area (Å²) in [5, 5.41) is 0. The van der Waals surface area contributed by atoms with Gasteiger partial charge in [0.05, 0.1) is 31.5 Å². The molecule has 0 aliphatic carbocycles. The molecular formula is C15H14FN3O5S2. The van der Waals surface area contributed by atoms with Crippen LogP contribution in [0.25, 0.3) is 5.57 Å². The van der Waals surface area contributed by atoms with Crippen molar-refractivity contribution >= 4 is 33.7 Å². The van der Waals surface area contributed by atoms with Crippen molar-refractivity contribution in [3.63, 3.8) is 0 Å². The van der Waals surface area contributed by atoms with Crippen molar-refractivity contribution in [1.29, 1.82) is 0 Å². The van der Waals surface area contributed by atoms with Gasteiger partial charge in [0.15, 0.2) is 4.64 Å². The number of hydrogen-bond donors (Lipinski definition) is 2. The van der Waals surface area contributed by atoms with Crippen LogP contribution in [0.1, 0.15) is 5.56 Å². The van der Waals surface area contributed by atoms with E-state index in [9.17, 15) is 17.6 Å². The molecule has 26 heavy (non-hydrogen) atoms. The van der Waals surface area contributed by atoms with E-state index in [1.165, 1.54) is 19.2 Å². The highest BCUT2D eigenvalue weighted by Gasteiger charge is 2.21. The molecule has 0 saturated carbocycles. The third-order valence-electron chi connectivity index (χ3n) is 2.91. The van der Waals surface area contributed by atoms with Crippen LogP contribution in [0.5, 0.6) is 11.6 Å². The molecule has 1 aromatic heterocycles. The number of para-hydroxylation sites is 1. The molecule has 0 saturated heterocycles. The lowest BCUT2D eigenvalue weighted by Gasteiger charge is -2.13. The van der Waals surface area contributed by atoms with E-state index in [0.717, 1.165) is 18.8 Å². The van der Waals surface area contributed by atoms with Gasteiger partial charge in [0.25, 0.3) is 5.91 Å². The first-order chi connectivity index (χ1) is 12.2. The van der Waals surface area contributed by atoms with Crippen molar-refractivity contribution in [3.8, 4) is 11.6 Å². The second-order valence-electron chi connectivity index (χ2n) is 4.92. The Labute approximate surface area is 153 Å². The third kappa shape index (κ3) is 4.86. The number of hydrogen-bond acceptors (Lipinski definition) is 7. The Bertz CT molecular complexity index is 1020. The van der Waals surface area contributed by atoms with Crippen LogP contribution < -0.4 is 9.46 Å². The lowest BCUT2D eigenvalue weighted by molar-refractivity contribution is -0.114. The summed E-state index contributed by atoms with van der Waals surface area (Å²) in [4.78, 5) is 18.3. The van der Waals surface area contributed by atoms with Gasteiger partial charge in [0.1, 0.15) is 5.75 Å². The second-order valence-corrected chi connectivity index (χ2v) is 7.05. The summed E-state index contributed by atoms with van der Waals surface area (Å²) in [7, 11) is -2.52. The highest BCUT2D eigenvalue weighted by atomic mass is 32.2. The highest BCUT2D eigenvalue weighted by molar-refractivity contribution is 7.89. The molecule has 8 nitrogen and oxygen atoms in total. The Morgan fingerprint density at radius 3 is 2.73 bits per heavy atom. The van der Waals surface area contributed by atoms with Crippen molar-refractivity contribution < 1.29 is 27.1 Å². The smallest absolute Gasteiger partial charge is 0.268 e. The molecule has 2 rings (SSSR count). The molecule has 138 valence electrons. The minimum absolute atomic E-state index is 0.0650. The van der Waals surface area contributed by atoms with Gasteiger partial charge in [-0.2, -0.15) is 4.39 Å². The van der Waals surface area contributed by atoms with Crippen LogP contribution in [0.3, 0.4) is 0 Å². The van der Waals surface area contributed by atoms with Gasteiger partial charge in [-0.05, 0) is 6.07 Å². The Morgan fingerprint density at radius 2 is 2.08 bits per heavy atom. The number of rotatable bonds is 6. The lowest BCUT2D eigenvalue weighted by atomic mass is 10.1. The van der Waals surface area contributed by atoms with Gasteiger partial charge < -0.3 is 14.5 Å². The van der Waals surface area contributed by atoms with Crippen molar-refractivity contribution in [1.82, 2.24) is 14.7 Å². The number of benzene rings is 1. The fourth-order valence-electron chi connectivity index (χ4n) is 1.91. The molecule has 1 amide bonds. The number of amides is 1. The molecule has 0 spiro atoms. The number of nitrogens with zero attached hydrogens (tertiary/aromatic N) is 1. The molecular weight excluding hydrogens is 385 g/mol. The number of methoxy groups -OCH3 is 1. The minimum Gasteiger partial charge on any atom is -0.504 e. The van der Waals surface area contributed by atoms with E-state index in [2.05, 4.69) is 9.97 Å². The number of carbonyl (C=O) groups is 1. The zero-order valence-corrected chi connectivity index (χ0v) is 15.3. The summed E-state index contributed by atoms with van der Waals surface area (Å²) in [6, 6.07) is 6.12. The predicted octanol–water partition coefficient (Wildman–Crippen LogP) is 2.13. The highest BCUT2D eigenvalue weighted by Crippen LogP contribution is 2.30. The molecule has 0 aliphatic rings. The molecule has 0 aliphatic heterocycles. The zero-order chi connectivity index (χ0) is 19.3. The van der Waals surface area contributed by atoms with Crippen molar-refractivity contribution in [2.24, 2.45) is 0 Å². The quantitative estimate of drug-likeness (QED) is 0.435. The fraction of sp³-hybridized carbons (Fsp3) is 0.133. The fourth-order valence-corrected chi connectivity index (χ4v) is 2.50. The molecule has 0 bridgehead atoms. The maximum absolute atomic E-state index is 14.0. The van der Waals surface area contributed by atoms with Gasteiger partial charge in [0.2, 0.25) is 21.7 Å². The molecule has 11 heteroatoms. The number of carbonyl (C=O) groups excluding carboxylic acids is 1. The normalized spacial score (nSPS) is 11.7. The predicted molar refractivity (Wildman–Crippen MR) is 93.9 cm³/mol. The number of H-pyrrole nitrogens is 1. The minimum atomic E-state index is -3.80. The standard InChI is InChI=1S/C15H14FN3O5S2/c1-23-7-10(13(20)19-26(2,21)22)9-5-3-4-6-11(9)24-14-12(16)15(25)18-8-17-14/h3-8H,1-2H3,(H,19,20)(H,17,18,25)/b10-7+. The Balaban J connectivity index is 2.49. The number of nitrogens with one attached hydrogen (secondary N) is 2. The van der Waals surface area contributed by atoms with Crippen LogP contribution in [0.2, 0.25) is 0 Å². The number of aromatic amines is 1. The van der Waals surface area contributed by atoms with Crippen molar-refractivity contribution in [2.45, 2.75) is 0 Å². The van der Waals surface area contributed by atoms with Gasteiger partial charge in [-0.1, -0.05) is 30.4 Å². The van der Waals surface area contributed by atoms with E-state index >= 15 is 0 Å². The first-order valence-electron chi connectivity index (χ1n) is 6.98. The van der Waals surface area contributed by atoms with E-state index in [1.54, 1.807) is 12.1 Å². The Hall–Kier alpha value is -2.79. The Kier molecular flexibility index (Phi) is 6.05. The number of halogens is 1. The summed E-state index contributed by atoms with van der Waals surface area (Å²) in [6.07, 6.45) is 3.05. The topological polar surface area (TPSA) is 110 Å². The van der Waals surface area contributed by atoms with Crippen LogP contribution in [0, 0.1) is 10.5 Å². The lowest BCUT2D eigenvalue weighted by Crippen LogP contribution is -2.30. The number of ether oxygens (including phenoxy) is 2. The molecule has 1 heterocycles. The monoisotopic (exact) mass is 399 g/mol. The van der Waals surface area contributed by atoms with E-state index in [0.29, 0.717) is 0 Å². The average Bonchev–Trinajstić information content (AvgIpc) is 2.56. The van der Waals surface area contributed by atoms with E-state index < -0.39 is 21.7 Å². The largest absolute Gasteiger partial charge is 0.504 e. The summed E-state index contributed by atoms with van der Waals surface area (Å²) < 4.78 is 48.6. The molecule has 1 aromatic carbocycles. The van der Waals surface area contributed by atoms with Crippen LogP contribution in [0.4, 0.5) is 4.39 Å². The number of aromatic nitrogens is 2. The first kappa shape index (κ1) is 19.5. The summed E-state index contributed by atoms with van der Waals surface area (Å²) >= 11 is 4.74. The van der Waals surface area contributed by atoms with Crippen molar-refractivity contribution in [2.75, 3.05) is 13.4 Å². The molecule has 0 unspecified atom stereocenters. The SMILES string of the molecule is CO/C=C(/C(=O)NS(C)(=O)=O)c1ccccc1Oc1[nH]cnc(=S)c1F. The second kappa shape index (κ2) is 8.06. The molecule has 0 fully saturated rings. The van der Waals surface area contributed by atoms with Gasteiger partial charge in [-0.3, -0.25) is 4.79 Å². The van der Waals surface area contributed by atoms with Gasteiger partial charge >= 0.3 is 0 Å². The van der Waals surface area contributed by atoms with Crippen LogP contribution in [-0.2, 0) is 19.6 Å². The maximum atomic E-state index is 14.0. The van der Waals surface area contributed by atoms with E-state index in [4.69, 9.17) is 21.7 Å².